The number of aryl methyl sites for hydroxylation is 7. The van der Waals surface area contributed by atoms with E-state index in [1.54, 1.807) is 87.8 Å². The molecular formula is C95H132N22O19S. The number of nitrogens with zero attached hydrogens (tertiary/aromatic N) is 12. The summed E-state index contributed by atoms with van der Waals surface area (Å²) in [5.41, 5.74) is 6.09. The number of aromatic nitrogens is 11. The van der Waals surface area contributed by atoms with Crippen LogP contribution in [0.4, 0.5) is 34.4 Å². The fourth-order valence-electron chi connectivity index (χ4n) is 14.7. The summed E-state index contributed by atoms with van der Waals surface area (Å²) in [6.07, 6.45) is 25.7. The Morgan fingerprint density at radius 1 is 0.394 bits per heavy atom. The van der Waals surface area contributed by atoms with E-state index in [1.165, 1.54) is 126 Å². The molecule has 9 aromatic rings. The van der Waals surface area contributed by atoms with Gasteiger partial charge < -0.3 is 119 Å². The molecule has 1 aliphatic rings. The molecule has 10 rings (SSSR count). The van der Waals surface area contributed by atoms with E-state index in [2.05, 4.69) is 99.1 Å². The van der Waals surface area contributed by atoms with Gasteiger partial charge in [0.1, 0.15) is 40.6 Å². The van der Waals surface area contributed by atoms with Crippen LogP contribution in [0.25, 0.3) is 5.00 Å². The van der Waals surface area contributed by atoms with Crippen LogP contribution in [0.5, 0.6) is 5.75 Å². The maximum Gasteiger partial charge on any atom is 0.291 e. The number of fused-ring (bicyclic) bond motifs is 3. The van der Waals surface area contributed by atoms with Crippen LogP contribution < -0.4 is 57.9 Å². The molecule has 41 nitrogen and oxygen atoms in total. The second-order valence-corrected chi connectivity index (χ2v) is 34.0. The molecular weight excluding hydrogens is 1790 g/mol. The number of nitrogens with one attached hydrogen (secondary N) is 10. The largest absolute Gasteiger partial charge is 0.491 e. The molecule has 0 saturated carbocycles. The molecule has 137 heavy (non-hydrogen) atoms. The van der Waals surface area contributed by atoms with E-state index in [0.29, 0.717) is 141 Å². The highest BCUT2D eigenvalue weighted by Gasteiger charge is 2.34. The second kappa shape index (κ2) is 57.4. The maximum atomic E-state index is 13.9. The Hall–Kier alpha value is -12.7. The van der Waals surface area contributed by atoms with Crippen LogP contribution in [-0.2, 0) is 97.1 Å². The number of carbonyl (C=O) groups is 10. The third-order valence-corrected chi connectivity index (χ3v) is 23.2. The van der Waals surface area contributed by atoms with Gasteiger partial charge >= 0.3 is 0 Å². The first kappa shape index (κ1) is 106. The molecule has 0 bridgehead atoms. The molecule has 8 heterocycles. The Balaban J connectivity index is 0.471. The molecule has 0 spiro atoms. The zero-order valence-electron chi connectivity index (χ0n) is 79.9. The molecule has 0 unspecified atom stereocenters. The van der Waals surface area contributed by atoms with Crippen molar-refractivity contribution in [1.29, 1.82) is 0 Å². The predicted octanol–water partition coefficient (Wildman–Crippen LogP) is 9.94. The predicted molar refractivity (Wildman–Crippen MR) is 516 cm³/mol. The van der Waals surface area contributed by atoms with E-state index in [4.69, 9.17) is 47.6 Å². The number of rotatable bonds is 65. The number of benzene rings is 2. The standard InChI is InChI=1S/C95H132N22O19S/c1-10-11-12-13-14-15-16-17-18-19-20-21-22-23-80(119)101-69-26-24-68(25-27-69)85-84-65(2)66(3)137-95(84)117-67(4)110-111-86(117)74(105-85)60-83(122)102-70-28-30-73(31-29-70)136-57-56-135-55-54-134-53-52-133-51-50-132-49-48-131-47-46-130-45-44-129-43-42-128-41-39-96-79(118)32-35-100-92(125)88-108-77(63-115(88)8)106-81(120)33-36-99-91(124)76-59-72(62-114(76)7)104-94(127)89-109-78(64-116(89)9)107-82(121)34-37-98-90(123)75-58-71(61-113(75)6)103-93(126)87-97-38-40-112(87)5/h24-31,38,40,58-59,61-64,74H,10-23,32-37,39,41-57,60H2,1-9H3,(H,96,118)(H,98,123)(H,99,124)(H,100,125)(H,101,119)(H,102,122)(H,103,126)(H,104,127)(H,106,120)(H,107,121)/t74-/m0/s1. The van der Waals surface area contributed by atoms with Gasteiger partial charge in [0.25, 0.3) is 29.5 Å². The number of aliphatic imine (C=N–C) groups is 1. The highest BCUT2D eigenvalue weighted by atomic mass is 32.1. The molecule has 7 aromatic heterocycles. The van der Waals surface area contributed by atoms with Crippen LogP contribution >= 0.6 is 11.3 Å². The van der Waals surface area contributed by atoms with Gasteiger partial charge in [-0.25, -0.2) is 15.0 Å². The zero-order chi connectivity index (χ0) is 97.6. The van der Waals surface area contributed by atoms with E-state index in [9.17, 15) is 47.9 Å². The lowest BCUT2D eigenvalue weighted by molar-refractivity contribution is -0.121. The lowest BCUT2D eigenvalue weighted by Crippen LogP contribution is -2.33. The third-order valence-electron chi connectivity index (χ3n) is 22.0. The van der Waals surface area contributed by atoms with Crippen molar-refractivity contribution >= 4 is 111 Å². The minimum atomic E-state index is -0.641. The first-order valence-corrected chi connectivity index (χ1v) is 47.6. The summed E-state index contributed by atoms with van der Waals surface area (Å²) in [7, 11) is 8.04. The van der Waals surface area contributed by atoms with Gasteiger partial charge in [-0.15, -0.1) is 21.5 Å². The Labute approximate surface area is 801 Å². The van der Waals surface area contributed by atoms with Gasteiger partial charge in [0.15, 0.2) is 23.3 Å². The number of thiophene rings is 1. The summed E-state index contributed by atoms with van der Waals surface area (Å²) in [4.78, 5) is 149. The lowest BCUT2D eigenvalue weighted by Gasteiger charge is -2.14. The number of hydrogen-bond donors (Lipinski definition) is 10. The number of anilines is 6. The normalized spacial score (nSPS) is 12.2. The van der Waals surface area contributed by atoms with Crippen LogP contribution in [-0.4, -0.2) is 256 Å². The summed E-state index contributed by atoms with van der Waals surface area (Å²) in [6, 6.07) is 17.3. The van der Waals surface area contributed by atoms with Gasteiger partial charge in [0.2, 0.25) is 41.2 Å². The highest BCUT2D eigenvalue weighted by Crippen LogP contribution is 2.40. The van der Waals surface area contributed by atoms with E-state index in [-0.39, 0.29) is 122 Å². The Morgan fingerprint density at radius 3 is 1.31 bits per heavy atom. The third kappa shape index (κ3) is 35.4. The van der Waals surface area contributed by atoms with Crippen LogP contribution in [0.15, 0.2) is 103 Å². The number of unbranched alkanes of at least 4 members (excludes halogenated alkanes) is 12. The Bertz CT molecular complexity index is 5420. The van der Waals surface area contributed by atoms with Gasteiger partial charge in [-0.1, -0.05) is 96.1 Å². The van der Waals surface area contributed by atoms with E-state index in [1.807, 2.05) is 35.8 Å². The van der Waals surface area contributed by atoms with E-state index in [0.717, 1.165) is 50.8 Å². The van der Waals surface area contributed by atoms with E-state index >= 15 is 0 Å². The van der Waals surface area contributed by atoms with Crippen molar-refractivity contribution in [1.82, 2.24) is 73.8 Å². The number of imidazole rings is 3. The number of amides is 10. The zero-order valence-corrected chi connectivity index (χ0v) is 80.7. The smallest absolute Gasteiger partial charge is 0.291 e. The van der Waals surface area contributed by atoms with Gasteiger partial charge in [0.05, 0.1) is 129 Å². The average Bonchev–Trinajstić information content (AvgIpc) is 1.59. The van der Waals surface area contributed by atoms with Crippen molar-refractivity contribution in [3.8, 4) is 10.8 Å². The molecule has 42 heteroatoms. The Morgan fingerprint density at radius 2 is 0.825 bits per heavy atom. The van der Waals surface area contributed by atoms with Crippen molar-refractivity contribution in [2.45, 2.75) is 149 Å². The number of carbonyl (C=O) groups excluding carboxylic acids is 10. The minimum Gasteiger partial charge on any atom is -0.491 e. The summed E-state index contributed by atoms with van der Waals surface area (Å²) in [5, 5.41) is 37.5. The van der Waals surface area contributed by atoms with Crippen molar-refractivity contribution < 1.29 is 90.6 Å². The SMILES string of the molecule is CCCCCCCCCCCCCCCC(=O)Nc1ccc(C2=N[C@@H](CC(=O)Nc3ccc(OCCOCCOCCOCCOCCOCCOCCOCCOCCNC(=O)CCNC(=O)c4nc(NC(=O)CCNC(=O)c5cc(NC(=O)c6nc(NC(=O)CCNC(=O)c7cc(NC(=O)c8nccn8C)cn7C)cn6C)cn5C)cn4C)cc3)c3nnc(C)n3-c3sc(C)c(C)c32)cc1. The van der Waals surface area contributed by atoms with Crippen LogP contribution in [0.3, 0.4) is 0 Å². The number of ether oxygens (including phenoxy) is 9. The molecule has 742 valence electrons. The van der Waals surface area contributed by atoms with Gasteiger partial charge in [-0.3, -0.25) is 57.5 Å². The minimum absolute atomic E-state index is 0.00855. The quantitative estimate of drug-likeness (QED) is 0.0158. The monoisotopic (exact) mass is 1920 g/mol. The molecule has 1 aliphatic heterocycles. The van der Waals surface area contributed by atoms with Crippen LogP contribution in [0.1, 0.15) is 215 Å². The molecule has 10 N–H and O–H groups in total. The van der Waals surface area contributed by atoms with Crippen molar-refractivity contribution in [2.75, 3.05) is 170 Å². The molecule has 2 aromatic carbocycles. The van der Waals surface area contributed by atoms with Crippen LogP contribution in [0, 0.1) is 20.8 Å². The first-order chi connectivity index (χ1) is 66.4. The van der Waals surface area contributed by atoms with Gasteiger partial charge in [-0.2, -0.15) is 0 Å². The summed E-state index contributed by atoms with van der Waals surface area (Å²) in [5.74, 6) is -1.95. The van der Waals surface area contributed by atoms with Gasteiger partial charge in [0, 0.05) is 152 Å². The van der Waals surface area contributed by atoms with Gasteiger partial charge in [-0.05, 0) is 81.3 Å². The van der Waals surface area contributed by atoms with Crippen molar-refractivity contribution in [2.24, 2.45) is 40.2 Å². The van der Waals surface area contributed by atoms with Crippen LogP contribution in [0.2, 0.25) is 0 Å². The fraction of sp³-hybridized carbons (Fsp3) is 0.516. The lowest BCUT2D eigenvalue weighted by atomic mass is 9.99. The number of hydrogen-bond acceptors (Lipinski definition) is 26. The highest BCUT2D eigenvalue weighted by molar-refractivity contribution is 7.15. The topological polar surface area (TPSA) is 480 Å². The van der Waals surface area contributed by atoms with Crippen molar-refractivity contribution in [3.63, 3.8) is 0 Å². The molecule has 10 amide bonds. The molecule has 0 fully saturated rings. The molecule has 0 radical (unpaired) electrons. The summed E-state index contributed by atoms with van der Waals surface area (Å²) < 4.78 is 60.1. The molecule has 0 aliphatic carbocycles. The van der Waals surface area contributed by atoms with E-state index < -0.39 is 47.4 Å². The molecule has 0 saturated heterocycles. The molecule has 1 atom stereocenters. The van der Waals surface area contributed by atoms with Crippen molar-refractivity contribution in [3.05, 3.63) is 160 Å². The average molecular weight is 1920 g/mol. The first-order valence-electron chi connectivity index (χ1n) is 46.8. The summed E-state index contributed by atoms with van der Waals surface area (Å²) >= 11 is 1.65. The second-order valence-electron chi connectivity index (χ2n) is 32.8. The fourth-order valence-corrected chi connectivity index (χ4v) is 15.9. The Kier molecular flexibility index (Phi) is 44.6. The summed E-state index contributed by atoms with van der Waals surface area (Å²) in [6.45, 7) is 14.9. The maximum absolute atomic E-state index is 13.9.